The molecular weight excluding hydrogens is 244 g/mol. The van der Waals surface area contributed by atoms with Crippen LogP contribution in [0.4, 0.5) is 0 Å². The van der Waals surface area contributed by atoms with Crippen LogP contribution in [0.2, 0.25) is 0 Å². The fraction of sp³-hybridized carbons (Fsp3) is 0.500. The molecule has 19 heavy (non-hydrogen) atoms. The van der Waals surface area contributed by atoms with Crippen molar-refractivity contribution >= 4 is 11.9 Å². The molecule has 1 amide bonds. The smallest absolute Gasteiger partial charge is 0.303 e. The summed E-state index contributed by atoms with van der Waals surface area (Å²) in [6.07, 6.45) is 0.517. The molecule has 0 saturated carbocycles. The molecule has 5 heteroatoms. The summed E-state index contributed by atoms with van der Waals surface area (Å²) in [6, 6.07) is 5.33. The van der Waals surface area contributed by atoms with E-state index < -0.39 is 5.97 Å². The molecule has 0 aromatic carbocycles. The Morgan fingerprint density at radius 3 is 2.58 bits per heavy atom. The zero-order chi connectivity index (χ0) is 14.4. The van der Waals surface area contributed by atoms with Gasteiger partial charge in [0.2, 0.25) is 0 Å². The third kappa shape index (κ3) is 4.69. The van der Waals surface area contributed by atoms with E-state index in [0.717, 1.165) is 5.69 Å². The monoisotopic (exact) mass is 264 g/mol. The number of pyridine rings is 1. The average Bonchev–Trinajstić information content (AvgIpc) is 2.33. The van der Waals surface area contributed by atoms with Crippen molar-refractivity contribution in [2.45, 2.75) is 39.7 Å². The Balaban J connectivity index is 2.75. The number of aliphatic carboxylic acids is 1. The van der Waals surface area contributed by atoms with Crippen LogP contribution in [0.15, 0.2) is 18.2 Å². The topological polar surface area (TPSA) is 70.5 Å². The minimum absolute atomic E-state index is 0.0172. The fourth-order valence-corrected chi connectivity index (χ4v) is 1.80. The lowest BCUT2D eigenvalue weighted by atomic mass is 10.2. The van der Waals surface area contributed by atoms with Gasteiger partial charge in [0.05, 0.1) is 0 Å². The van der Waals surface area contributed by atoms with Crippen molar-refractivity contribution in [2.75, 3.05) is 6.54 Å². The average molecular weight is 264 g/mol. The highest BCUT2D eigenvalue weighted by atomic mass is 16.4. The molecule has 0 unspecified atom stereocenters. The zero-order valence-electron chi connectivity index (χ0n) is 11.6. The number of rotatable bonds is 6. The van der Waals surface area contributed by atoms with Gasteiger partial charge in [0.15, 0.2) is 0 Å². The second-order valence-electron chi connectivity index (χ2n) is 4.75. The normalized spacial score (nSPS) is 10.5. The first kappa shape index (κ1) is 15.1. The highest BCUT2D eigenvalue weighted by Gasteiger charge is 2.19. The van der Waals surface area contributed by atoms with Gasteiger partial charge in [0, 0.05) is 24.7 Å². The Labute approximate surface area is 113 Å². The van der Waals surface area contributed by atoms with Gasteiger partial charge in [-0.1, -0.05) is 6.07 Å². The largest absolute Gasteiger partial charge is 0.481 e. The molecule has 104 valence electrons. The molecule has 0 fully saturated rings. The predicted octanol–water partition coefficient (Wildman–Crippen LogP) is 2.11. The zero-order valence-corrected chi connectivity index (χ0v) is 11.6. The Bertz CT molecular complexity index is 458. The number of amides is 1. The summed E-state index contributed by atoms with van der Waals surface area (Å²) >= 11 is 0. The molecule has 1 N–H and O–H groups in total. The minimum atomic E-state index is -0.843. The Morgan fingerprint density at radius 2 is 2.05 bits per heavy atom. The van der Waals surface area contributed by atoms with Gasteiger partial charge >= 0.3 is 5.97 Å². The maximum absolute atomic E-state index is 12.3. The summed E-state index contributed by atoms with van der Waals surface area (Å²) in [5.74, 6) is -0.992. The first-order chi connectivity index (χ1) is 8.91. The number of aromatic nitrogens is 1. The summed E-state index contributed by atoms with van der Waals surface area (Å²) in [4.78, 5) is 28.7. The van der Waals surface area contributed by atoms with E-state index in [0.29, 0.717) is 18.7 Å². The third-order valence-electron chi connectivity index (χ3n) is 2.78. The van der Waals surface area contributed by atoms with E-state index in [1.165, 1.54) is 0 Å². The van der Waals surface area contributed by atoms with Crippen molar-refractivity contribution < 1.29 is 14.7 Å². The molecular formula is C14H20N2O3. The third-order valence-corrected chi connectivity index (χ3v) is 2.78. The lowest BCUT2D eigenvalue weighted by molar-refractivity contribution is -0.137. The fourth-order valence-electron chi connectivity index (χ4n) is 1.80. The lowest BCUT2D eigenvalue weighted by Gasteiger charge is -2.26. The molecule has 5 nitrogen and oxygen atoms in total. The van der Waals surface area contributed by atoms with Gasteiger partial charge in [-0.15, -0.1) is 0 Å². The van der Waals surface area contributed by atoms with Crippen molar-refractivity contribution in [3.05, 3.63) is 29.6 Å². The van der Waals surface area contributed by atoms with E-state index in [9.17, 15) is 9.59 Å². The summed E-state index contributed by atoms with van der Waals surface area (Å²) in [7, 11) is 0. The molecule has 1 aromatic rings. The number of hydrogen-bond donors (Lipinski definition) is 1. The standard InChI is InChI=1S/C14H20N2O3/c1-10(2)16(9-5-8-13(17)18)14(19)12-7-4-6-11(3)15-12/h4,6-7,10H,5,8-9H2,1-3H3,(H,17,18). The molecule has 0 saturated heterocycles. The van der Waals surface area contributed by atoms with Crippen molar-refractivity contribution in [3.8, 4) is 0 Å². The van der Waals surface area contributed by atoms with Crippen molar-refractivity contribution in [1.82, 2.24) is 9.88 Å². The van der Waals surface area contributed by atoms with Crippen molar-refractivity contribution in [2.24, 2.45) is 0 Å². The van der Waals surface area contributed by atoms with Crippen molar-refractivity contribution in [3.63, 3.8) is 0 Å². The van der Waals surface area contributed by atoms with Gasteiger partial charge in [0.1, 0.15) is 5.69 Å². The molecule has 1 heterocycles. The number of nitrogens with zero attached hydrogens (tertiary/aromatic N) is 2. The number of aryl methyl sites for hydroxylation is 1. The number of carbonyl (C=O) groups is 2. The first-order valence-electron chi connectivity index (χ1n) is 6.38. The van der Waals surface area contributed by atoms with Crippen molar-refractivity contribution in [1.29, 1.82) is 0 Å². The molecule has 0 bridgehead atoms. The van der Waals surface area contributed by atoms with E-state index >= 15 is 0 Å². The van der Waals surface area contributed by atoms with E-state index in [2.05, 4.69) is 4.98 Å². The molecule has 1 rings (SSSR count). The van der Waals surface area contributed by atoms with Crippen LogP contribution in [0.25, 0.3) is 0 Å². The summed E-state index contributed by atoms with van der Waals surface area (Å²) in [5, 5.41) is 8.64. The SMILES string of the molecule is Cc1cccc(C(=O)N(CCCC(=O)O)C(C)C)n1. The van der Waals surface area contributed by atoms with Gasteiger partial charge in [-0.05, 0) is 39.3 Å². The number of carboxylic acid groups (broad SMARTS) is 1. The molecule has 0 aliphatic carbocycles. The molecule has 0 atom stereocenters. The van der Waals surface area contributed by atoms with E-state index in [4.69, 9.17) is 5.11 Å². The maximum Gasteiger partial charge on any atom is 0.303 e. The summed E-state index contributed by atoms with van der Waals surface area (Å²) < 4.78 is 0. The van der Waals surface area contributed by atoms with Gasteiger partial charge in [-0.3, -0.25) is 9.59 Å². The van der Waals surface area contributed by atoms with Crippen LogP contribution < -0.4 is 0 Å². The number of carboxylic acids is 1. The maximum atomic E-state index is 12.3. The van der Waals surface area contributed by atoms with Gasteiger partial charge in [-0.25, -0.2) is 4.98 Å². The summed E-state index contributed by atoms with van der Waals surface area (Å²) in [6.45, 7) is 6.09. The minimum Gasteiger partial charge on any atom is -0.481 e. The van der Waals surface area contributed by atoms with Crippen LogP contribution in [0, 0.1) is 6.92 Å². The van der Waals surface area contributed by atoms with Crippen LogP contribution in [-0.4, -0.2) is 39.5 Å². The second-order valence-corrected chi connectivity index (χ2v) is 4.75. The summed E-state index contributed by atoms with van der Waals surface area (Å²) in [5.41, 5.74) is 1.20. The molecule has 1 aromatic heterocycles. The van der Waals surface area contributed by atoms with Crippen LogP contribution in [0.5, 0.6) is 0 Å². The highest BCUT2D eigenvalue weighted by molar-refractivity contribution is 5.92. The van der Waals surface area contributed by atoms with Gasteiger partial charge in [0.25, 0.3) is 5.91 Å². The van der Waals surface area contributed by atoms with Gasteiger partial charge < -0.3 is 10.0 Å². The van der Waals surface area contributed by atoms with E-state index in [1.54, 1.807) is 17.0 Å². The van der Waals surface area contributed by atoms with Crippen LogP contribution in [-0.2, 0) is 4.79 Å². The van der Waals surface area contributed by atoms with E-state index in [1.807, 2.05) is 26.8 Å². The molecule has 0 spiro atoms. The Hall–Kier alpha value is -1.91. The van der Waals surface area contributed by atoms with Gasteiger partial charge in [-0.2, -0.15) is 0 Å². The van der Waals surface area contributed by atoms with E-state index in [-0.39, 0.29) is 18.4 Å². The molecule has 0 aliphatic rings. The quantitative estimate of drug-likeness (QED) is 0.854. The van der Waals surface area contributed by atoms with Crippen LogP contribution in [0.3, 0.4) is 0 Å². The lowest BCUT2D eigenvalue weighted by Crippen LogP contribution is -2.38. The van der Waals surface area contributed by atoms with Crippen LogP contribution in [0.1, 0.15) is 42.9 Å². The molecule has 0 radical (unpaired) electrons. The first-order valence-corrected chi connectivity index (χ1v) is 6.38. The second kappa shape index (κ2) is 6.87. The Morgan fingerprint density at radius 1 is 1.37 bits per heavy atom. The molecule has 0 aliphatic heterocycles. The number of hydrogen-bond acceptors (Lipinski definition) is 3. The van der Waals surface area contributed by atoms with Crippen LogP contribution >= 0.6 is 0 Å². The predicted molar refractivity (Wildman–Crippen MR) is 72.0 cm³/mol. The Kier molecular flexibility index (Phi) is 5.48. The highest BCUT2D eigenvalue weighted by Crippen LogP contribution is 2.09. The number of carbonyl (C=O) groups excluding carboxylic acids is 1.